The van der Waals surface area contributed by atoms with E-state index in [1.807, 2.05) is 48.5 Å². The molecule has 1 atom stereocenters. The Morgan fingerprint density at radius 2 is 1.89 bits per heavy atom. The molecule has 1 N–H and O–H groups in total. The first-order valence-electron chi connectivity index (χ1n) is 5.95. The van der Waals surface area contributed by atoms with Crippen LogP contribution < -0.4 is 5.32 Å². The first-order chi connectivity index (χ1) is 8.90. The number of hydrogen-bond acceptors (Lipinski definition) is 3. The number of hydrogen-bond donors (Lipinski definition) is 1. The van der Waals surface area contributed by atoms with Crippen LogP contribution in [-0.4, -0.2) is 4.98 Å². The maximum Gasteiger partial charge on any atom is 0.0641 e. The van der Waals surface area contributed by atoms with Crippen molar-refractivity contribution in [3.8, 4) is 6.07 Å². The molecular weight excluding hydrogens is 222 g/mol. The van der Waals surface area contributed by atoms with Crippen LogP contribution in [0.2, 0.25) is 0 Å². The van der Waals surface area contributed by atoms with Gasteiger partial charge in [0.25, 0.3) is 0 Å². The summed E-state index contributed by atoms with van der Waals surface area (Å²) in [6.45, 7) is 0.669. The minimum Gasteiger partial charge on any atom is -0.303 e. The average molecular weight is 237 g/mol. The largest absolute Gasteiger partial charge is 0.303 e. The number of nitrogens with one attached hydrogen (secondary N) is 1. The summed E-state index contributed by atoms with van der Waals surface area (Å²) in [5.74, 6) is 0. The third-order valence-electron chi connectivity index (χ3n) is 2.75. The fourth-order valence-corrected chi connectivity index (χ4v) is 1.81. The molecule has 0 saturated heterocycles. The first-order valence-corrected chi connectivity index (χ1v) is 5.95. The molecule has 1 heterocycles. The molecule has 0 bridgehead atoms. The van der Waals surface area contributed by atoms with E-state index in [2.05, 4.69) is 16.4 Å². The molecule has 0 radical (unpaired) electrons. The second-order valence-corrected chi connectivity index (χ2v) is 4.03. The Balaban J connectivity index is 2.02. The SMILES string of the molecule is N#CCC(NCc1ccccn1)c1ccccc1. The lowest BCUT2D eigenvalue weighted by molar-refractivity contribution is 0.537. The highest BCUT2D eigenvalue weighted by Crippen LogP contribution is 2.16. The molecule has 1 aromatic carbocycles. The summed E-state index contributed by atoms with van der Waals surface area (Å²) in [6.07, 6.45) is 2.23. The minimum absolute atomic E-state index is 0.0539. The van der Waals surface area contributed by atoms with Crippen LogP contribution in [0.15, 0.2) is 54.7 Å². The molecule has 2 aromatic rings. The van der Waals surface area contributed by atoms with E-state index in [1.165, 1.54) is 0 Å². The van der Waals surface area contributed by atoms with E-state index in [1.54, 1.807) is 6.20 Å². The number of benzene rings is 1. The number of pyridine rings is 1. The van der Waals surface area contributed by atoms with E-state index in [0.29, 0.717) is 13.0 Å². The third-order valence-corrected chi connectivity index (χ3v) is 2.75. The van der Waals surface area contributed by atoms with Gasteiger partial charge in [-0.25, -0.2) is 0 Å². The zero-order valence-corrected chi connectivity index (χ0v) is 10.1. The Labute approximate surface area is 107 Å². The van der Waals surface area contributed by atoms with Crippen LogP contribution in [0.5, 0.6) is 0 Å². The highest BCUT2D eigenvalue weighted by molar-refractivity contribution is 5.20. The molecule has 1 aromatic heterocycles. The minimum atomic E-state index is 0.0539. The fraction of sp³-hybridized carbons (Fsp3) is 0.200. The summed E-state index contributed by atoms with van der Waals surface area (Å²) in [5.41, 5.74) is 2.12. The Kier molecular flexibility index (Phi) is 4.46. The molecule has 0 aliphatic heterocycles. The third kappa shape index (κ3) is 3.41. The molecule has 2 rings (SSSR count). The summed E-state index contributed by atoms with van der Waals surface area (Å²) in [5, 5.41) is 12.3. The monoisotopic (exact) mass is 237 g/mol. The topological polar surface area (TPSA) is 48.7 Å². The van der Waals surface area contributed by atoms with E-state index < -0.39 is 0 Å². The van der Waals surface area contributed by atoms with Crippen molar-refractivity contribution in [2.45, 2.75) is 19.0 Å². The molecule has 90 valence electrons. The second kappa shape index (κ2) is 6.53. The van der Waals surface area contributed by atoms with Gasteiger partial charge in [0.1, 0.15) is 0 Å². The Hall–Kier alpha value is -2.18. The van der Waals surface area contributed by atoms with Crippen LogP contribution in [0.3, 0.4) is 0 Å². The predicted molar refractivity (Wildman–Crippen MR) is 70.5 cm³/mol. The molecule has 0 aliphatic rings. The van der Waals surface area contributed by atoms with Gasteiger partial charge in [0, 0.05) is 18.8 Å². The molecule has 3 nitrogen and oxygen atoms in total. The van der Waals surface area contributed by atoms with Gasteiger partial charge in [-0.15, -0.1) is 0 Å². The molecule has 0 saturated carbocycles. The molecule has 0 amide bonds. The van der Waals surface area contributed by atoms with E-state index >= 15 is 0 Å². The van der Waals surface area contributed by atoms with Gasteiger partial charge in [-0.2, -0.15) is 5.26 Å². The number of nitrogens with zero attached hydrogens (tertiary/aromatic N) is 2. The van der Waals surface area contributed by atoms with Crippen molar-refractivity contribution in [2.24, 2.45) is 0 Å². The van der Waals surface area contributed by atoms with Gasteiger partial charge >= 0.3 is 0 Å². The maximum absolute atomic E-state index is 8.89. The summed E-state index contributed by atoms with van der Waals surface area (Å²) in [4.78, 5) is 4.26. The lowest BCUT2D eigenvalue weighted by Gasteiger charge is -2.15. The van der Waals surface area contributed by atoms with Crippen LogP contribution in [0, 0.1) is 11.3 Å². The fourth-order valence-electron chi connectivity index (χ4n) is 1.81. The molecule has 18 heavy (non-hydrogen) atoms. The Morgan fingerprint density at radius 3 is 2.56 bits per heavy atom. The van der Waals surface area contributed by atoms with Crippen molar-refractivity contribution < 1.29 is 0 Å². The van der Waals surface area contributed by atoms with Gasteiger partial charge in [0.05, 0.1) is 18.2 Å². The zero-order chi connectivity index (χ0) is 12.6. The standard InChI is InChI=1S/C15H15N3/c16-10-9-15(13-6-2-1-3-7-13)18-12-14-8-4-5-11-17-14/h1-8,11,15,18H,9,12H2. The van der Waals surface area contributed by atoms with E-state index in [4.69, 9.17) is 5.26 Å². The highest BCUT2D eigenvalue weighted by atomic mass is 14.9. The smallest absolute Gasteiger partial charge is 0.0641 e. The van der Waals surface area contributed by atoms with E-state index in [0.717, 1.165) is 11.3 Å². The average Bonchev–Trinajstić information content (AvgIpc) is 2.45. The highest BCUT2D eigenvalue weighted by Gasteiger charge is 2.09. The van der Waals surface area contributed by atoms with Gasteiger partial charge < -0.3 is 5.32 Å². The van der Waals surface area contributed by atoms with E-state index in [9.17, 15) is 0 Å². The van der Waals surface area contributed by atoms with Crippen LogP contribution >= 0.6 is 0 Å². The molecule has 0 spiro atoms. The lowest BCUT2D eigenvalue weighted by Crippen LogP contribution is -2.21. The van der Waals surface area contributed by atoms with Gasteiger partial charge in [0.2, 0.25) is 0 Å². The van der Waals surface area contributed by atoms with Gasteiger partial charge in [0.15, 0.2) is 0 Å². The summed E-state index contributed by atoms with van der Waals surface area (Å²) in [7, 11) is 0. The van der Waals surface area contributed by atoms with Crippen molar-refractivity contribution in [2.75, 3.05) is 0 Å². The van der Waals surface area contributed by atoms with Crippen molar-refractivity contribution in [1.82, 2.24) is 10.3 Å². The summed E-state index contributed by atoms with van der Waals surface area (Å²) in [6, 6.07) is 18.1. The van der Waals surface area contributed by atoms with Crippen molar-refractivity contribution >= 4 is 0 Å². The van der Waals surface area contributed by atoms with Gasteiger partial charge in [-0.1, -0.05) is 36.4 Å². The van der Waals surface area contributed by atoms with Crippen molar-refractivity contribution in [3.05, 3.63) is 66.0 Å². The van der Waals surface area contributed by atoms with Gasteiger partial charge in [-0.05, 0) is 17.7 Å². The normalized spacial score (nSPS) is 11.7. The van der Waals surface area contributed by atoms with Crippen molar-refractivity contribution in [3.63, 3.8) is 0 Å². The van der Waals surface area contributed by atoms with E-state index in [-0.39, 0.29) is 6.04 Å². The quantitative estimate of drug-likeness (QED) is 0.869. The van der Waals surface area contributed by atoms with Crippen LogP contribution in [0.25, 0.3) is 0 Å². The van der Waals surface area contributed by atoms with Crippen LogP contribution in [-0.2, 0) is 6.54 Å². The molecule has 0 aliphatic carbocycles. The van der Waals surface area contributed by atoms with Gasteiger partial charge in [-0.3, -0.25) is 4.98 Å². The Morgan fingerprint density at radius 1 is 1.11 bits per heavy atom. The molecule has 3 heteroatoms. The zero-order valence-electron chi connectivity index (χ0n) is 10.1. The molecule has 1 unspecified atom stereocenters. The number of rotatable bonds is 5. The number of aromatic nitrogens is 1. The second-order valence-electron chi connectivity index (χ2n) is 4.03. The van der Waals surface area contributed by atoms with Crippen molar-refractivity contribution in [1.29, 1.82) is 5.26 Å². The summed E-state index contributed by atoms with van der Waals surface area (Å²) < 4.78 is 0. The predicted octanol–water partition coefficient (Wildman–Crippen LogP) is 2.83. The molecular formula is C15H15N3. The lowest BCUT2D eigenvalue weighted by atomic mass is 10.0. The molecule has 0 fully saturated rings. The number of nitriles is 1. The maximum atomic E-state index is 8.89. The first kappa shape index (κ1) is 12.3. The van der Waals surface area contributed by atoms with Crippen LogP contribution in [0.1, 0.15) is 23.7 Å². The Bertz CT molecular complexity index is 502. The van der Waals surface area contributed by atoms with Crippen LogP contribution in [0.4, 0.5) is 0 Å². The summed E-state index contributed by atoms with van der Waals surface area (Å²) >= 11 is 0.